The van der Waals surface area contributed by atoms with E-state index in [1.165, 1.54) is 12.1 Å². The van der Waals surface area contributed by atoms with Crippen LogP contribution in [0.4, 0.5) is 14.5 Å². The quantitative estimate of drug-likeness (QED) is 0.882. The van der Waals surface area contributed by atoms with Crippen LogP contribution in [0.2, 0.25) is 0 Å². The van der Waals surface area contributed by atoms with Gasteiger partial charge in [0.2, 0.25) is 0 Å². The highest BCUT2D eigenvalue weighted by Crippen LogP contribution is 2.34. The zero-order valence-electron chi connectivity index (χ0n) is 15.5. The van der Waals surface area contributed by atoms with Crippen LogP contribution in [-0.2, 0) is 6.54 Å². The summed E-state index contributed by atoms with van der Waals surface area (Å²) in [5.74, 6) is -1.73. The molecule has 1 fully saturated rings. The van der Waals surface area contributed by atoms with Crippen molar-refractivity contribution in [3.05, 3.63) is 64.7 Å². The van der Waals surface area contributed by atoms with Crippen molar-refractivity contribution in [3.63, 3.8) is 0 Å². The van der Waals surface area contributed by atoms with Crippen LogP contribution >= 0.6 is 0 Å². The highest BCUT2D eigenvalue weighted by molar-refractivity contribution is 6.04. The van der Waals surface area contributed by atoms with E-state index < -0.39 is 11.6 Å². The van der Waals surface area contributed by atoms with Gasteiger partial charge in [-0.25, -0.2) is 8.78 Å². The van der Waals surface area contributed by atoms with Gasteiger partial charge in [-0.3, -0.25) is 9.59 Å². The fraction of sp³-hybridized carbons (Fsp3) is 0.333. The number of benzene rings is 2. The molecule has 2 amide bonds. The summed E-state index contributed by atoms with van der Waals surface area (Å²) in [4.78, 5) is 29.3. The number of hydrogen-bond acceptors (Lipinski definition) is 3. The predicted octanol–water partition coefficient (Wildman–Crippen LogP) is 3.30. The third-order valence-corrected chi connectivity index (χ3v) is 5.42. The Morgan fingerprint density at radius 1 is 1.14 bits per heavy atom. The number of rotatable bonds is 3. The summed E-state index contributed by atoms with van der Waals surface area (Å²) in [5.41, 5.74) is 2.07. The Hall–Kier alpha value is -2.96. The Morgan fingerprint density at radius 2 is 1.89 bits per heavy atom. The van der Waals surface area contributed by atoms with E-state index in [1.807, 2.05) is 11.9 Å². The molecule has 0 bridgehead atoms. The second-order valence-electron chi connectivity index (χ2n) is 7.28. The van der Waals surface area contributed by atoms with E-state index in [0.717, 1.165) is 37.6 Å². The van der Waals surface area contributed by atoms with Crippen LogP contribution in [0.3, 0.4) is 0 Å². The van der Waals surface area contributed by atoms with Crippen molar-refractivity contribution in [2.75, 3.05) is 18.5 Å². The molecule has 4 rings (SSSR count). The van der Waals surface area contributed by atoms with Gasteiger partial charge in [0, 0.05) is 31.8 Å². The molecule has 2 aromatic carbocycles. The number of fused-ring (bicyclic) bond motifs is 2. The fourth-order valence-electron chi connectivity index (χ4n) is 4.01. The largest absolute Gasteiger partial charge is 0.354 e. The number of hydrogen-bond donors (Lipinski definition) is 1. The lowest BCUT2D eigenvalue weighted by Crippen LogP contribution is -2.55. The van der Waals surface area contributed by atoms with E-state index in [0.29, 0.717) is 16.7 Å². The van der Waals surface area contributed by atoms with Crippen molar-refractivity contribution in [2.24, 2.45) is 0 Å². The van der Waals surface area contributed by atoms with Gasteiger partial charge in [-0.2, -0.15) is 0 Å². The van der Waals surface area contributed by atoms with Gasteiger partial charge in [0.1, 0.15) is 17.8 Å². The number of amides is 2. The van der Waals surface area contributed by atoms with E-state index in [-0.39, 0.29) is 24.5 Å². The molecule has 1 saturated heterocycles. The van der Waals surface area contributed by atoms with Crippen LogP contribution in [0.25, 0.3) is 0 Å². The van der Waals surface area contributed by atoms with E-state index in [1.54, 1.807) is 18.2 Å². The minimum atomic E-state index is -0.685. The topological polar surface area (TPSA) is 52.7 Å². The average molecular weight is 385 g/mol. The molecule has 2 heterocycles. The lowest BCUT2D eigenvalue weighted by molar-refractivity contribution is 0.0589. The molecular formula is C21H21F2N3O2. The monoisotopic (exact) mass is 385 g/mol. The molecule has 0 unspecified atom stereocenters. The summed E-state index contributed by atoms with van der Waals surface area (Å²) in [6.07, 6.45) is 3.00. The number of piperidine rings is 1. The van der Waals surface area contributed by atoms with Gasteiger partial charge in [-0.1, -0.05) is 0 Å². The zero-order chi connectivity index (χ0) is 19.8. The first-order valence-corrected chi connectivity index (χ1v) is 9.35. The van der Waals surface area contributed by atoms with Gasteiger partial charge >= 0.3 is 0 Å². The Morgan fingerprint density at radius 3 is 2.64 bits per heavy atom. The van der Waals surface area contributed by atoms with Crippen molar-refractivity contribution < 1.29 is 18.4 Å². The molecule has 0 aliphatic carbocycles. The Kier molecular flexibility index (Phi) is 4.75. The minimum Gasteiger partial charge on any atom is -0.354 e. The maximum Gasteiger partial charge on any atom is 0.257 e. The van der Waals surface area contributed by atoms with Crippen LogP contribution < -0.4 is 10.2 Å². The highest BCUT2D eigenvalue weighted by atomic mass is 19.1. The van der Waals surface area contributed by atoms with E-state index in [2.05, 4.69) is 10.2 Å². The Labute approximate surface area is 161 Å². The van der Waals surface area contributed by atoms with E-state index in [9.17, 15) is 18.4 Å². The van der Waals surface area contributed by atoms with Crippen molar-refractivity contribution in [2.45, 2.75) is 32.0 Å². The Balaban J connectivity index is 1.54. The molecule has 1 atom stereocenters. The Bertz CT molecular complexity index is 927. The molecule has 0 aromatic heterocycles. The number of nitrogens with zero attached hydrogens (tertiary/aromatic N) is 2. The molecule has 146 valence electrons. The molecule has 0 radical (unpaired) electrons. The smallest absolute Gasteiger partial charge is 0.257 e. The highest BCUT2D eigenvalue weighted by Gasteiger charge is 2.37. The van der Waals surface area contributed by atoms with Gasteiger partial charge in [0.25, 0.3) is 11.8 Å². The summed E-state index contributed by atoms with van der Waals surface area (Å²) in [6.45, 7) is 0.759. The molecule has 1 N–H and O–H groups in total. The summed E-state index contributed by atoms with van der Waals surface area (Å²) >= 11 is 0. The molecule has 28 heavy (non-hydrogen) atoms. The average Bonchev–Trinajstić information content (AvgIpc) is 2.69. The van der Waals surface area contributed by atoms with E-state index in [4.69, 9.17) is 0 Å². The maximum absolute atomic E-state index is 13.3. The SMILES string of the molecule is CN1c2cc(C(=O)NCc3cc(F)cc(F)c3)ccc2C(=O)N2CCCC[C@H]21. The first-order chi connectivity index (χ1) is 13.4. The zero-order valence-corrected chi connectivity index (χ0v) is 15.5. The van der Waals surface area contributed by atoms with Gasteiger partial charge < -0.3 is 15.1 Å². The third-order valence-electron chi connectivity index (χ3n) is 5.42. The molecular weight excluding hydrogens is 364 g/mol. The van der Waals surface area contributed by atoms with Crippen LogP contribution in [0.1, 0.15) is 45.5 Å². The second-order valence-corrected chi connectivity index (χ2v) is 7.28. The van der Waals surface area contributed by atoms with Gasteiger partial charge in [0.15, 0.2) is 0 Å². The van der Waals surface area contributed by atoms with Gasteiger partial charge in [0.05, 0.1) is 11.3 Å². The standard InChI is InChI=1S/C21H21F2N3O2/c1-25-18-10-14(20(27)24-12-13-8-15(22)11-16(23)9-13)5-6-17(18)21(28)26-7-3-2-4-19(25)26/h5-6,8-11,19H,2-4,7,12H2,1H3,(H,24,27)/t19-/m0/s1. The number of halogens is 2. The molecule has 2 aliphatic rings. The van der Waals surface area contributed by atoms with Crippen LogP contribution in [0, 0.1) is 11.6 Å². The second kappa shape index (κ2) is 7.22. The fourth-order valence-corrected chi connectivity index (χ4v) is 4.01. The predicted molar refractivity (Wildman–Crippen MR) is 101 cm³/mol. The van der Waals surface area contributed by atoms with E-state index >= 15 is 0 Å². The molecule has 5 nitrogen and oxygen atoms in total. The molecule has 2 aliphatic heterocycles. The van der Waals surface area contributed by atoms with Crippen molar-refractivity contribution in [3.8, 4) is 0 Å². The molecule has 0 spiro atoms. The molecule has 0 saturated carbocycles. The number of carbonyl (C=O) groups excluding carboxylic acids is 2. The minimum absolute atomic E-state index is 0.00000543. The number of carbonyl (C=O) groups is 2. The van der Waals surface area contributed by atoms with Crippen LogP contribution in [-0.4, -0.2) is 36.5 Å². The molecule has 7 heteroatoms. The maximum atomic E-state index is 13.3. The number of anilines is 1. The molecule has 2 aromatic rings. The normalized spacial score (nSPS) is 18.5. The van der Waals surface area contributed by atoms with Gasteiger partial charge in [-0.15, -0.1) is 0 Å². The summed E-state index contributed by atoms with van der Waals surface area (Å²) in [5, 5.41) is 2.67. The lowest BCUT2D eigenvalue weighted by atomic mass is 9.97. The first kappa shape index (κ1) is 18.4. The number of nitrogens with one attached hydrogen (secondary N) is 1. The first-order valence-electron chi connectivity index (χ1n) is 9.35. The van der Waals surface area contributed by atoms with Crippen LogP contribution in [0.15, 0.2) is 36.4 Å². The van der Waals surface area contributed by atoms with Crippen molar-refractivity contribution in [1.82, 2.24) is 10.2 Å². The lowest BCUT2D eigenvalue weighted by Gasteiger charge is -2.46. The van der Waals surface area contributed by atoms with Crippen molar-refractivity contribution >= 4 is 17.5 Å². The summed E-state index contributed by atoms with van der Waals surface area (Å²) in [6, 6.07) is 8.14. The summed E-state index contributed by atoms with van der Waals surface area (Å²) < 4.78 is 26.6. The third kappa shape index (κ3) is 3.32. The van der Waals surface area contributed by atoms with Gasteiger partial charge in [-0.05, 0) is 55.2 Å². The van der Waals surface area contributed by atoms with Crippen LogP contribution in [0.5, 0.6) is 0 Å². The van der Waals surface area contributed by atoms with Crippen molar-refractivity contribution in [1.29, 1.82) is 0 Å². The summed E-state index contributed by atoms with van der Waals surface area (Å²) in [7, 11) is 1.94.